The van der Waals surface area contributed by atoms with E-state index in [0.717, 1.165) is 6.42 Å². The lowest BCUT2D eigenvalue weighted by Crippen LogP contribution is -2.36. The molecule has 96 valence electrons. The van der Waals surface area contributed by atoms with Crippen molar-refractivity contribution in [1.29, 1.82) is 0 Å². The van der Waals surface area contributed by atoms with Crippen LogP contribution in [0.2, 0.25) is 0 Å². The summed E-state index contributed by atoms with van der Waals surface area (Å²) in [6, 6.07) is 0. The van der Waals surface area contributed by atoms with Gasteiger partial charge in [-0.15, -0.1) is 12.6 Å². The lowest BCUT2D eigenvalue weighted by atomic mass is 9.82. The number of allylic oxidation sites excluding steroid dienone is 1. The van der Waals surface area contributed by atoms with Crippen LogP contribution in [0.15, 0.2) is 35.7 Å². The smallest absolute Gasteiger partial charge is 0.173 e. The molecule has 0 bridgehead atoms. The summed E-state index contributed by atoms with van der Waals surface area (Å²) in [4.78, 5) is 0.656. The largest absolute Gasteiger partial charge is 0.488 e. The van der Waals surface area contributed by atoms with Crippen molar-refractivity contribution in [3.63, 3.8) is 0 Å². The van der Waals surface area contributed by atoms with E-state index in [-0.39, 0.29) is 11.0 Å². The van der Waals surface area contributed by atoms with Crippen LogP contribution in [0.4, 0.5) is 0 Å². The van der Waals surface area contributed by atoms with Gasteiger partial charge in [0, 0.05) is 10.3 Å². The Hall–Kier alpha value is -0.830. The molecule has 0 spiro atoms. The molecule has 0 N–H and O–H groups in total. The summed E-state index contributed by atoms with van der Waals surface area (Å²) >= 11 is 4.32. The molecular formula is C14H22O2S. The summed E-state index contributed by atoms with van der Waals surface area (Å²) in [5.74, 6) is 1.11. The Kier molecular flexibility index (Phi) is 4.03. The molecule has 2 nitrogen and oxygen atoms in total. The highest BCUT2D eigenvalue weighted by molar-refractivity contribution is 7.84. The van der Waals surface area contributed by atoms with Gasteiger partial charge in [-0.3, -0.25) is 0 Å². The Bertz CT molecular complexity index is 364. The SMILES string of the molecule is C=C/C(S)=C1/OCC(C)(C)CC(C)(C)OC1=C. The Labute approximate surface area is 110 Å². The first-order valence-corrected chi connectivity index (χ1v) is 6.18. The Balaban J connectivity index is 3.08. The van der Waals surface area contributed by atoms with Gasteiger partial charge in [-0.25, -0.2) is 0 Å². The van der Waals surface area contributed by atoms with Crippen molar-refractivity contribution in [1.82, 2.24) is 0 Å². The summed E-state index contributed by atoms with van der Waals surface area (Å²) in [5, 5.41) is 0. The second kappa shape index (κ2) is 4.81. The minimum atomic E-state index is -0.259. The first-order chi connectivity index (χ1) is 7.67. The Morgan fingerprint density at radius 3 is 2.47 bits per heavy atom. The average molecular weight is 254 g/mol. The molecule has 0 aliphatic carbocycles. The van der Waals surface area contributed by atoms with Gasteiger partial charge < -0.3 is 9.47 Å². The zero-order chi connectivity index (χ0) is 13.3. The van der Waals surface area contributed by atoms with Crippen LogP contribution in [-0.2, 0) is 9.47 Å². The van der Waals surface area contributed by atoms with Crippen molar-refractivity contribution in [2.24, 2.45) is 5.41 Å². The summed E-state index contributed by atoms with van der Waals surface area (Å²) in [6.07, 6.45) is 2.54. The molecule has 3 heteroatoms. The van der Waals surface area contributed by atoms with Crippen LogP contribution in [0.5, 0.6) is 0 Å². The number of ether oxygens (including phenoxy) is 2. The molecule has 1 aliphatic heterocycles. The van der Waals surface area contributed by atoms with Crippen molar-refractivity contribution in [3.05, 3.63) is 35.7 Å². The van der Waals surface area contributed by atoms with E-state index in [1.807, 2.05) is 0 Å². The predicted octanol–water partition coefficient (Wildman–Crippen LogP) is 4.07. The molecule has 0 saturated carbocycles. The maximum Gasteiger partial charge on any atom is 0.173 e. The number of hydrogen-bond acceptors (Lipinski definition) is 3. The normalized spacial score (nSPS) is 26.1. The van der Waals surface area contributed by atoms with Crippen molar-refractivity contribution in [2.45, 2.75) is 39.7 Å². The van der Waals surface area contributed by atoms with Gasteiger partial charge in [-0.2, -0.15) is 0 Å². The molecular weight excluding hydrogens is 232 g/mol. The fourth-order valence-corrected chi connectivity index (χ4v) is 2.47. The van der Waals surface area contributed by atoms with Gasteiger partial charge >= 0.3 is 0 Å². The second-order valence-electron chi connectivity index (χ2n) is 5.83. The molecule has 0 unspecified atom stereocenters. The van der Waals surface area contributed by atoms with Crippen molar-refractivity contribution in [2.75, 3.05) is 6.61 Å². The molecule has 17 heavy (non-hydrogen) atoms. The summed E-state index contributed by atoms with van der Waals surface area (Å²) < 4.78 is 11.6. The number of hydrogen-bond donors (Lipinski definition) is 1. The topological polar surface area (TPSA) is 18.5 Å². The van der Waals surface area contributed by atoms with E-state index in [0.29, 0.717) is 23.0 Å². The van der Waals surface area contributed by atoms with Crippen molar-refractivity contribution in [3.8, 4) is 0 Å². The molecule has 0 radical (unpaired) electrons. The number of rotatable bonds is 1. The second-order valence-corrected chi connectivity index (χ2v) is 6.31. The lowest BCUT2D eigenvalue weighted by Gasteiger charge is -2.39. The monoisotopic (exact) mass is 254 g/mol. The third-order valence-electron chi connectivity index (χ3n) is 2.59. The van der Waals surface area contributed by atoms with Gasteiger partial charge in [-0.1, -0.05) is 33.1 Å². The first kappa shape index (κ1) is 14.2. The molecule has 0 aromatic rings. The van der Waals surface area contributed by atoms with Gasteiger partial charge in [0.2, 0.25) is 0 Å². The van der Waals surface area contributed by atoms with Crippen LogP contribution in [0, 0.1) is 5.41 Å². The van der Waals surface area contributed by atoms with Crippen molar-refractivity contribution >= 4 is 12.6 Å². The zero-order valence-electron chi connectivity index (χ0n) is 11.2. The van der Waals surface area contributed by atoms with E-state index in [1.54, 1.807) is 6.08 Å². The quantitative estimate of drug-likeness (QED) is 0.711. The maximum absolute atomic E-state index is 5.88. The molecule has 1 heterocycles. The highest BCUT2D eigenvalue weighted by Crippen LogP contribution is 2.37. The van der Waals surface area contributed by atoms with Crippen LogP contribution < -0.4 is 0 Å². The maximum atomic E-state index is 5.88. The van der Waals surface area contributed by atoms with E-state index in [9.17, 15) is 0 Å². The van der Waals surface area contributed by atoms with Crippen LogP contribution in [-0.4, -0.2) is 12.2 Å². The lowest BCUT2D eigenvalue weighted by molar-refractivity contribution is -0.0490. The van der Waals surface area contributed by atoms with Gasteiger partial charge in [0.25, 0.3) is 0 Å². The van der Waals surface area contributed by atoms with Crippen LogP contribution in [0.1, 0.15) is 34.1 Å². The van der Waals surface area contributed by atoms with Crippen LogP contribution in [0.25, 0.3) is 0 Å². The predicted molar refractivity (Wildman–Crippen MR) is 74.9 cm³/mol. The summed E-state index contributed by atoms with van der Waals surface area (Å²) in [5.41, 5.74) is -0.213. The Morgan fingerprint density at radius 1 is 1.35 bits per heavy atom. The highest BCUT2D eigenvalue weighted by atomic mass is 32.1. The van der Waals surface area contributed by atoms with Gasteiger partial charge in [0.1, 0.15) is 5.60 Å². The molecule has 0 aromatic heterocycles. The van der Waals surface area contributed by atoms with E-state index < -0.39 is 0 Å². The van der Waals surface area contributed by atoms with E-state index >= 15 is 0 Å². The minimum absolute atomic E-state index is 0.0463. The van der Waals surface area contributed by atoms with E-state index in [2.05, 4.69) is 53.5 Å². The zero-order valence-corrected chi connectivity index (χ0v) is 12.1. The Morgan fingerprint density at radius 2 is 1.94 bits per heavy atom. The molecule has 1 rings (SSSR count). The standard InChI is InChI=1S/C14H22O2S/c1-7-11(17)12-10(2)16-14(5,6)8-13(3,4)9-15-12/h7,17H,1-2,8-9H2,3-6H3/b12-11-. The van der Waals surface area contributed by atoms with E-state index in [4.69, 9.17) is 9.47 Å². The third-order valence-corrected chi connectivity index (χ3v) is 2.98. The fraction of sp³-hybridized carbons (Fsp3) is 0.571. The van der Waals surface area contributed by atoms with Crippen molar-refractivity contribution < 1.29 is 9.47 Å². The summed E-state index contributed by atoms with van der Waals surface area (Å²) in [6.45, 7) is 16.7. The molecule has 1 fully saturated rings. The fourth-order valence-electron chi connectivity index (χ4n) is 2.28. The van der Waals surface area contributed by atoms with Gasteiger partial charge in [0.15, 0.2) is 11.5 Å². The first-order valence-electron chi connectivity index (χ1n) is 5.74. The molecule has 1 saturated heterocycles. The third kappa shape index (κ3) is 3.84. The van der Waals surface area contributed by atoms with Gasteiger partial charge in [0.05, 0.1) is 6.61 Å². The van der Waals surface area contributed by atoms with Crippen LogP contribution >= 0.6 is 12.6 Å². The number of thiol groups is 1. The molecule has 1 aliphatic rings. The van der Waals surface area contributed by atoms with Crippen LogP contribution in [0.3, 0.4) is 0 Å². The van der Waals surface area contributed by atoms with E-state index in [1.165, 1.54) is 0 Å². The summed E-state index contributed by atoms with van der Waals surface area (Å²) in [7, 11) is 0. The van der Waals surface area contributed by atoms with Gasteiger partial charge in [-0.05, 0) is 20.3 Å². The molecule has 0 aromatic carbocycles. The molecule has 0 atom stereocenters. The molecule has 0 amide bonds. The minimum Gasteiger partial charge on any atom is -0.488 e. The average Bonchev–Trinajstić information content (AvgIpc) is 2.12. The highest BCUT2D eigenvalue weighted by Gasteiger charge is 2.35.